The summed E-state index contributed by atoms with van der Waals surface area (Å²) in [5.41, 5.74) is 5.77. The van der Waals surface area contributed by atoms with Crippen LogP contribution in [0.4, 0.5) is 0 Å². The van der Waals surface area contributed by atoms with E-state index in [1.807, 2.05) is 0 Å². The molecule has 0 bridgehead atoms. The van der Waals surface area contributed by atoms with Crippen LogP contribution in [-0.4, -0.2) is 45.4 Å². The lowest BCUT2D eigenvalue weighted by Crippen LogP contribution is -2.51. The van der Waals surface area contributed by atoms with Crippen LogP contribution >= 0.6 is 0 Å². The number of rotatable bonds is 4. The third-order valence-electron chi connectivity index (χ3n) is 3.94. The van der Waals surface area contributed by atoms with E-state index in [0.717, 1.165) is 12.8 Å². The van der Waals surface area contributed by atoms with Crippen molar-refractivity contribution in [1.29, 1.82) is 0 Å². The first-order valence-corrected chi connectivity index (χ1v) is 8.43. The van der Waals surface area contributed by atoms with E-state index < -0.39 is 10.0 Å². The Balaban J connectivity index is 2.24. The predicted octanol–water partition coefficient (Wildman–Crippen LogP) is 0.387. The van der Waals surface area contributed by atoms with Crippen molar-refractivity contribution in [3.8, 4) is 0 Å². The summed E-state index contributed by atoms with van der Waals surface area (Å²) >= 11 is 0. The molecule has 3 N–H and O–H groups in total. The molecule has 21 heavy (non-hydrogen) atoms. The molecule has 0 radical (unpaired) electrons. The molecular formula is C13H21N3O4S. The van der Waals surface area contributed by atoms with Gasteiger partial charge in [-0.15, -0.1) is 0 Å². The maximum absolute atomic E-state index is 12.5. The number of hydrogen-bond acceptors (Lipinski definition) is 5. The molecule has 1 amide bonds. The zero-order valence-corrected chi connectivity index (χ0v) is 13.0. The van der Waals surface area contributed by atoms with Gasteiger partial charge in [-0.3, -0.25) is 4.79 Å². The first-order chi connectivity index (χ1) is 9.90. The first kappa shape index (κ1) is 16.0. The molecule has 1 aromatic heterocycles. The van der Waals surface area contributed by atoms with Gasteiger partial charge in [-0.2, -0.15) is 0 Å². The number of likely N-dealkylation sites (tertiary alicyclic amines) is 1. The molecule has 2 atom stereocenters. The Bertz CT molecular complexity index is 611. The third-order valence-corrected chi connectivity index (χ3v) is 5.23. The Morgan fingerprint density at radius 1 is 1.52 bits per heavy atom. The third kappa shape index (κ3) is 3.12. The van der Waals surface area contributed by atoms with E-state index in [1.165, 1.54) is 19.2 Å². The Morgan fingerprint density at radius 2 is 2.24 bits per heavy atom. The van der Waals surface area contributed by atoms with Gasteiger partial charge in [0.25, 0.3) is 15.9 Å². The van der Waals surface area contributed by atoms with Crippen molar-refractivity contribution >= 4 is 15.9 Å². The molecule has 118 valence electrons. The van der Waals surface area contributed by atoms with Gasteiger partial charge in [0.15, 0.2) is 5.76 Å². The van der Waals surface area contributed by atoms with Crippen molar-refractivity contribution < 1.29 is 17.6 Å². The van der Waals surface area contributed by atoms with Gasteiger partial charge in [0.1, 0.15) is 0 Å². The van der Waals surface area contributed by atoms with Crippen molar-refractivity contribution in [2.45, 2.75) is 30.9 Å². The summed E-state index contributed by atoms with van der Waals surface area (Å²) in [6.07, 6.45) is 1.94. The Kier molecular flexibility index (Phi) is 4.70. The summed E-state index contributed by atoms with van der Waals surface area (Å²) in [6, 6.07) is 2.63. The van der Waals surface area contributed by atoms with Gasteiger partial charge in [0, 0.05) is 19.1 Å². The minimum Gasteiger partial charge on any atom is -0.438 e. The standard InChI is InChI=1S/C13H21N3O4S/c1-9-4-3-7-16(10(9)8-14)13(17)11-5-6-12(20-11)21(18,19)15-2/h5-6,9-10,15H,3-4,7-8,14H2,1-2H3/t9-,10+/m0/s1. The number of amides is 1. The van der Waals surface area contributed by atoms with Crippen LogP contribution < -0.4 is 10.5 Å². The quantitative estimate of drug-likeness (QED) is 0.836. The molecule has 1 aromatic rings. The number of furan rings is 1. The zero-order chi connectivity index (χ0) is 15.6. The van der Waals surface area contributed by atoms with Crippen LogP contribution in [0.3, 0.4) is 0 Å². The Hall–Kier alpha value is -1.38. The number of piperidine rings is 1. The fourth-order valence-electron chi connectivity index (χ4n) is 2.68. The fourth-order valence-corrected chi connectivity index (χ4v) is 3.33. The monoisotopic (exact) mass is 315 g/mol. The lowest BCUT2D eigenvalue weighted by atomic mass is 9.90. The lowest BCUT2D eigenvalue weighted by molar-refractivity contribution is 0.0496. The van der Waals surface area contributed by atoms with E-state index in [1.54, 1.807) is 4.90 Å². The summed E-state index contributed by atoms with van der Waals surface area (Å²) in [4.78, 5) is 14.2. The van der Waals surface area contributed by atoms with E-state index in [2.05, 4.69) is 11.6 Å². The van der Waals surface area contributed by atoms with Crippen LogP contribution in [0, 0.1) is 5.92 Å². The van der Waals surface area contributed by atoms with Gasteiger partial charge in [0.2, 0.25) is 5.09 Å². The highest BCUT2D eigenvalue weighted by Gasteiger charge is 2.33. The summed E-state index contributed by atoms with van der Waals surface area (Å²) in [7, 11) is -2.40. The molecule has 2 heterocycles. The van der Waals surface area contributed by atoms with Crippen molar-refractivity contribution in [3.63, 3.8) is 0 Å². The molecule has 1 aliphatic heterocycles. The van der Waals surface area contributed by atoms with E-state index in [0.29, 0.717) is 19.0 Å². The number of carbonyl (C=O) groups is 1. The number of hydrogen-bond donors (Lipinski definition) is 2. The molecule has 0 aromatic carbocycles. The van der Waals surface area contributed by atoms with E-state index >= 15 is 0 Å². The summed E-state index contributed by atoms with van der Waals surface area (Å²) in [6.45, 7) is 3.06. The summed E-state index contributed by atoms with van der Waals surface area (Å²) in [5, 5.41) is -0.261. The molecule has 0 spiro atoms. The van der Waals surface area contributed by atoms with Gasteiger partial charge >= 0.3 is 0 Å². The molecule has 1 fully saturated rings. The lowest BCUT2D eigenvalue weighted by Gasteiger charge is -2.38. The second-order valence-corrected chi connectivity index (χ2v) is 7.06. The maximum Gasteiger partial charge on any atom is 0.289 e. The Labute approximate surface area is 124 Å². The van der Waals surface area contributed by atoms with Crippen molar-refractivity contribution in [2.75, 3.05) is 20.1 Å². The maximum atomic E-state index is 12.5. The van der Waals surface area contributed by atoms with E-state index in [4.69, 9.17) is 10.2 Å². The Morgan fingerprint density at radius 3 is 2.86 bits per heavy atom. The van der Waals surface area contributed by atoms with Gasteiger partial charge in [-0.05, 0) is 37.9 Å². The topological polar surface area (TPSA) is 106 Å². The van der Waals surface area contributed by atoms with E-state index in [9.17, 15) is 13.2 Å². The number of nitrogens with zero attached hydrogens (tertiary/aromatic N) is 1. The van der Waals surface area contributed by atoms with Crippen LogP contribution in [0.1, 0.15) is 30.3 Å². The van der Waals surface area contributed by atoms with Gasteiger partial charge in [-0.1, -0.05) is 6.92 Å². The summed E-state index contributed by atoms with van der Waals surface area (Å²) in [5.74, 6) is 0.0362. The molecule has 1 aliphatic rings. The molecule has 0 aliphatic carbocycles. The normalized spacial score (nSPS) is 23.3. The van der Waals surface area contributed by atoms with Crippen molar-refractivity contribution in [2.24, 2.45) is 11.7 Å². The average molecular weight is 315 g/mol. The van der Waals surface area contributed by atoms with Crippen LogP contribution in [0.25, 0.3) is 0 Å². The highest BCUT2D eigenvalue weighted by Crippen LogP contribution is 2.25. The van der Waals surface area contributed by atoms with Crippen LogP contribution in [0.5, 0.6) is 0 Å². The summed E-state index contributed by atoms with van der Waals surface area (Å²) < 4.78 is 30.6. The zero-order valence-electron chi connectivity index (χ0n) is 12.2. The van der Waals surface area contributed by atoms with Crippen LogP contribution in [0.15, 0.2) is 21.6 Å². The second-order valence-electron chi connectivity index (χ2n) is 5.25. The van der Waals surface area contributed by atoms with Crippen molar-refractivity contribution in [3.05, 3.63) is 17.9 Å². The fraction of sp³-hybridized carbons (Fsp3) is 0.615. The van der Waals surface area contributed by atoms with Crippen LogP contribution in [0.2, 0.25) is 0 Å². The molecule has 2 rings (SSSR count). The number of nitrogens with two attached hydrogens (primary N) is 1. The second kappa shape index (κ2) is 6.17. The minimum atomic E-state index is -3.68. The highest BCUT2D eigenvalue weighted by atomic mass is 32.2. The van der Waals surface area contributed by atoms with Gasteiger partial charge in [-0.25, -0.2) is 13.1 Å². The molecule has 0 saturated carbocycles. The van der Waals surface area contributed by atoms with Gasteiger partial charge in [0.05, 0.1) is 0 Å². The molecule has 0 unspecified atom stereocenters. The minimum absolute atomic E-state index is 0.0244. The first-order valence-electron chi connectivity index (χ1n) is 6.95. The number of sulfonamides is 1. The van der Waals surface area contributed by atoms with Crippen LogP contribution in [-0.2, 0) is 10.0 Å². The SMILES string of the molecule is CNS(=O)(=O)c1ccc(C(=O)N2CCC[C@H](C)[C@H]2CN)o1. The number of nitrogens with one attached hydrogen (secondary N) is 1. The molecule has 1 saturated heterocycles. The number of carbonyl (C=O) groups excluding carboxylic acids is 1. The van der Waals surface area contributed by atoms with Gasteiger partial charge < -0.3 is 15.1 Å². The highest BCUT2D eigenvalue weighted by molar-refractivity contribution is 7.89. The molecule has 7 nitrogen and oxygen atoms in total. The van der Waals surface area contributed by atoms with E-state index in [-0.39, 0.29) is 22.8 Å². The molecular weight excluding hydrogens is 294 g/mol. The largest absolute Gasteiger partial charge is 0.438 e. The molecule has 8 heteroatoms. The predicted molar refractivity (Wildman–Crippen MR) is 77.2 cm³/mol. The smallest absolute Gasteiger partial charge is 0.289 e. The van der Waals surface area contributed by atoms with Crippen molar-refractivity contribution in [1.82, 2.24) is 9.62 Å². The average Bonchev–Trinajstić information content (AvgIpc) is 2.96.